The summed E-state index contributed by atoms with van der Waals surface area (Å²) in [5.41, 5.74) is 4.16. The average molecular weight is 345 g/mol. The van der Waals surface area contributed by atoms with Crippen molar-refractivity contribution in [2.45, 2.75) is 19.9 Å². The van der Waals surface area contributed by atoms with Crippen molar-refractivity contribution < 1.29 is 4.52 Å². The molecular formula is C20H19N5O. The van der Waals surface area contributed by atoms with Crippen LogP contribution in [0.2, 0.25) is 0 Å². The fraction of sp³-hybridized carbons (Fsp3) is 0.150. The lowest BCUT2D eigenvalue weighted by Gasteiger charge is -2.05. The molecule has 0 aliphatic carbocycles. The van der Waals surface area contributed by atoms with Gasteiger partial charge in [-0.05, 0) is 24.6 Å². The molecule has 0 spiro atoms. The number of para-hydroxylation sites is 1. The van der Waals surface area contributed by atoms with Crippen LogP contribution in [-0.2, 0) is 13.0 Å². The van der Waals surface area contributed by atoms with Crippen LogP contribution in [0.25, 0.3) is 5.69 Å². The summed E-state index contributed by atoms with van der Waals surface area (Å²) in [6.45, 7) is 2.49. The van der Waals surface area contributed by atoms with E-state index >= 15 is 0 Å². The molecule has 6 nitrogen and oxygen atoms in total. The number of nitrogens with one attached hydrogen (secondary N) is 1. The van der Waals surface area contributed by atoms with Crippen molar-refractivity contribution in [2.75, 3.05) is 5.32 Å². The number of benzene rings is 2. The second kappa shape index (κ2) is 7.23. The lowest BCUT2D eigenvalue weighted by molar-refractivity contribution is 0.378. The minimum absolute atomic E-state index is 0.461. The molecule has 0 atom stereocenters. The van der Waals surface area contributed by atoms with Gasteiger partial charge >= 0.3 is 0 Å². The molecule has 0 aliphatic heterocycles. The molecule has 0 unspecified atom stereocenters. The summed E-state index contributed by atoms with van der Waals surface area (Å²) in [6.07, 6.45) is 2.47. The van der Waals surface area contributed by atoms with Crippen LogP contribution >= 0.6 is 0 Å². The van der Waals surface area contributed by atoms with Crippen LogP contribution in [0.5, 0.6) is 0 Å². The summed E-state index contributed by atoms with van der Waals surface area (Å²) < 4.78 is 7.24. The molecule has 0 saturated carbocycles. The highest BCUT2D eigenvalue weighted by atomic mass is 16.5. The Morgan fingerprint density at radius 2 is 1.73 bits per heavy atom. The number of anilines is 1. The van der Waals surface area contributed by atoms with Gasteiger partial charge in [0.1, 0.15) is 0 Å². The van der Waals surface area contributed by atoms with E-state index in [-0.39, 0.29) is 0 Å². The smallest absolute Gasteiger partial charge is 0.245 e. The van der Waals surface area contributed by atoms with Gasteiger partial charge in [0, 0.05) is 6.42 Å². The maximum absolute atomic E-state index is 5.34. The molecule has 0 radical (unpaired) electrons. The molecule has 0 amide bonds. The SMILES string of the molecule is Cc1c(NCc2nc(Cc3ccccc3)no2)cnn1-c1ccccc1. The summed E-state index contributed by atoms with van der Waals surface area (Å²) in [5, 5.41) is 11.8. The molecule has 2 aromatic heterocycles. The fourth-order valence-electron chi connectivity index (χ4n) is 2.80. The molecule has 0 saturated heterocycles. The van der Waals surface area contributed by atoms with E-state index in [4.69, 9.17) is 4.52 Å². The van der Waals surface area contributed by atoms with Gasteiger partial charge < -0.3 is 9.84 Å². The van der Waals surface area contributed by atoms with E-state index in [1.165, 1.54) is 0 Å². The van der Waals surface area contributed by atoms with Crippen molar-refractivity contribution in [1.82, 2.24) is 19.9 Å². The number of aromatic nitrogens is 4. The van der Waals surface area contributed by atoms with Gasteiger partial charge in [0.15, 0.2) is 5.82 Å². The molecule has 2 heterocycles. The van der Waals surface area contributed by atoms with Gasteiger partial charge in [-0.25, -0.2) is 4.68 Å². The minimum Gasteiger partial charge on any atom is -0.373 e. The quantitative estimate of drug-likeness (QED) is 0.576. The van der Waals surface area contributed by atoms with Gasteiger partial charge in [-0.1, -0.05) is 53.7 Å². The molecule has 130 valence electrons. The second-order valence-corrected chi connectivity index (χ2v) is 6.01. The first-order chi connectivity index (χ1) is 12.8. The van der Waals surface area contributed by atoms with Crippen molar-refractivity contribution >= 4 is 5.69 Å². The minimum atomic E-state index is 0.461. The average Bonchev–Trinajstić information content (AvgIpc) is 3.28. The first-order valence-corrected chi connectivity index (χ1v) is 8.49. The van der Waals surface area contributed by atoms with E-state index in [0.717, 1.165) is 22.6 Å². The van der Waals surface area contributed by atoms with Gasteiger partial charge in [0.25, 0.3) is 0 Å². The number of rotatable bonds is 6. The van der Waals surface area contributed by atoms with Crippen molar-refractivity contribution in [3.63, 3.8) is 0 Å². The second-order valence-electron chi connectivity index (χ2n) is 6.01. The van der Waals surface area contributed by atoms with Gasteiger partial charge in [-0.15, -0.1) is 0 Å². The lowest BCUT2D eigenvalue weighted by atomic mass is 10.1. The molecule has 0 bridgehead atoms. The summed E-state index contributed by atoms with van der Waals surface area (Å²) in [5.74, 6) is 1.24. The topological polar surface area (TPSA) is 68.8 Å². The Labute approximate surface area is 151 Å². The molecule has 0 aliphatic rings. The molecule has 4 aromatic rings. The zero-order valence-corrected chi connectivity index (χ0v) is 14.5. The Kier molecular flexibility index (Phi) is 4.47. The maximum Gasteiger partial charge on any atom is 0.245 e. The molecule has 6 heteroatoms. The first kappa shape index (κ1) is 16.1. The third-order valence-electron chi connectivity index (χ3n) is 4.16. The molecular weight excluding hydrogens is 326 g/mol. The number of hydrogen-bond acceptors (Lipinski definition) is 5. The third kappa shape index (κ3) is 3.49. The fourth-order valence-corrected chi connectivity index (χ4v) is 2.80. The van der Waals surface area contributed by atoms with Crippen molar-refractivity contribution in [2.24, 2.45) is 0 Å². The van der Waals surface area contributed by atoms with Crippen LogP contribution in [0.1, 0.15) is 23.0 Å². The highest BCUT2D eigenvalue weighted by molar-refractivity contribution is 5.49. The van der Waals surface area contributed by atoms with Crippen LogP contribution in [0.3, 0.4) is 0 Å². The predicted octanol–water partition coefficient (Wildman–Crippen LogP) is 3.77. The lowest BCUT2D eigenvalue weighted by Crippen LogP contribution is -2.03. The standard InChI is InChI=1S/C20H19N5O/c1-15-18(13-22-25(15)17-10-6-3-7-11-17)21-14-20-23-19(24-26-20)12-16-8-4-2-5-9-16/h2-11,13,21H,12,14H2,1H3. The van der Waals surface area contributed by atoms with Gasteiger partial charge in [-0.2, -0.15) is 10.1 Å². The van der Waals surface area contributed by atoms with Crippen LogP contribution in [0.15, 0.2) is 71.4 Å². The molecule has 26 heavy (non-hydrogen) atoms. The van der Waals surface area contributed by atoms with Crippen LogP contribution in [-0.4, -0.2) is 19.9 Å². The van der Waals surface area contributed by atoms with Gasteiger partial charge in [-0.3, -0.25) is 0 Å². The zero-order chi connectivity index (χ0) is 17.8. The summed E-state index contributed by atoms with van der Waals surface area (Å²) in [7, 11) is 0. The Morgan fingerprint density at radius 1 is 1.00 bits per heavy atom. The maximum atomic E-state index is 5.34. The molecule has 0 fully saturated rings. The molecule has 4 rings (SSSR count). The zero-order valence-electron chi connectivity index (χ0n) is 14.5. The summed E-state index contributed by atoms with van der Waals surface area (Å²) in [6, 6.07) is 20.1. The van der Waals surface area contributed by atoms with Gasteiger partial charge in [0.05, 0.1) is 29.8 Å². The third-order valence-corrected chi connectivity index (χ3v) is 4.16. The van der Waals surface area contributed by atoms with Crippen molar-refractivity contribution in [1.29, 1.82) is 0 Å². The van der Waals surface area contributed by atoms with Gasteiger partial charge in [0.2, 0.25) is 5.89 Å². The van der Waals surface area contributed by atoms with Crippen LogP contribution in [0, 0.1) is 6.92 Å². The monoisotopic (exact) mass is 345 g/mol. The highest BCUT2D eigenvalue weighted by Gasteiger charge is 2.10. The van der Waals surface area contributed by atoms with E-state index in [1.54, 1.807) is 0 Å². The Bertz CT molecular complexity index is 976. The summed E-state index contributed by atoms with van der Waals surface area (Å²) >= 11 is 0. The van der Waals surface area contributed by atoms with E-state index in [9.17, 15) is 0 Å². The Hall–Kier alpha value is -3.41. The van der Waals surface area contributed by atoms with Crippen LogP contribution < -0.4 is 5.32 Å². The Balaban J connectivity index is 1.41. The first-order valence-electron chi connectivity index (χ1n) is 8.49. The van der Waals surface area contributed by atoms with E-state index in [1.807, 2.05) is 66.3 Å². The largest absolute Gasteiger partial charge is 0.373 e. The molecule has 1 N–H and O–H groups in total. The van der Waals surface area contributed by atoms with E-state index in [2.05, 4.69) is 32.7 Å². The highest BCUT2D eigenvalue weighted by Crippen LogP contribution is 2.18. The van der Waals surface area contributed by atoms with Crippen molar-refractivity contribution in [3.05, 3.63) is 89.8 Å². The molecule has 2 aromatic carbocycles. The summed E-state index contributed by atoms with van der Waals surface area (Å²) in [4.78, 5) is 4.45. The predicted molar refractivity (Wildman–Crippen MR) is 99.2 cm³/mol. The van der Waals surface area contributed by atoms with Crippen LogP contribution in [0.4, 0.5) is 5.69 Å². The van der Waals surface area contributed by atoms with E-state index in [0.29, 0.717) is 24.7 Å². The number of nitrogens with zero attached hydrogens (tertiary/aromatic N) is 4. The Morgan fingerprint density at radius 3 is 2.50 bits per heavy atom. The van der Waals surface area contributed by atoms with E-state index < -0.39 is 0 Å². The normalized spacial score (nSPS) is 10.8. The number of hydrogen-bond donors (Lipinski definition) is 1. The van der Waals surface area contributed by atoms with Crippen molar-refractivity contribution in [3.8, 4) is 5.69 Å².